The van der Waals surface area contributed by atoms with Gasteiger partial charge in [-0.25, -0.2) is 0 Å². The molecule has 0 aliphatic carbocycles. The van der Waals surface area contributed by atoms with E-state index in [0.717, 1.165) is 32.1 Å². The Balaban J connectivity index is 3.56. The lowest BCUT2D eigenvalue weighted by atomic mass is 10.0. The van der Waals surface area contributed by atoms with E-state index in [1.54, 1.807) is 0 Å². The van der Waals surface area contributed by atoms with E-state index in [1.807, 2.05) is 21.1 Å². The molecule has 0 fully saturated rings. The predicted octanol–water partition coefficient (Wildman–Crippen LogP) is 8.10. The Hall–Kier alpha value is -0.450. The van der Waals surface area contributed by atoms with E-state index < -0.39 is 12.9 Å². The van der Waals surface area contributed by atoms with Crippen molar-refractivity contribution in [2.24, 2.45) is 0 Å². The van der Waals surface area contributed by atoms with Crippen LogP contribution in [0.25, 0.3) is 0 Å². The van der Waals surface area contributed by atoms with E-state index in [-0.39, 0.29) is 13.0 Å². The van der Waals surface area contributed by atoms with Gasteiger partial charge in [0.1, 0.15) is 6.54 Å². The maximum atomic E-state index is 11.8. The van der Waals surface area contributed by atoms with Gasteiger partial charge in [0.15, 0.2) is 0 Å². The number of hydrogen-bond acceptors (Lipinski definition) is 2. The summed E-state index contributed by atoms with van der Waals surface area (Å²) in [6.45, 7) is 2.28. The number of rotatable bonds is 24. The van der Waals surface area contributed by atoms with Gasteiger partial charge in [-0.3, -0.25) is 4.57 Å². The van der Waals surface area contributed by atoms with Gasteiger partial charge < -0.3 is 19.4 Å². The second-order valence-electron chi connectivity index (χ2n) is 11.4. The van der Waals surface area contributed by atoms with Gasteiger partial charge in [0.25, 0.3) is 0 Å². The van der Waals surface area contributed by atoms with Crippen LogP contribution in [0.15, 0.2) is 24.3 Å². The maximum Gasteiger partial charge on any atom is 0.362 e. The highest BCUT2D eigenvalue weighted by Gasteiger charge is 2.48. The predicted molar refractivity (Wildman–Crippen MR) is 152 cm³/mol. The highest BCUT2D eigenvalue weighted by atomic mass is 31.2. The molecule has 6 heteroatoms. The number of quaternary nitrogens is 1. The summed E-state index contributed by atoms with van der Waals surface area (Å²) >= 11 is 0. The van der Waals surface area contributed by atoms with Crippen molar-refractivity contribution >= 4 is 7.60 Å². The molecule has 0 aliphatic heterocycles. The van der Waals surface area contributed by atoms with Gasteiger partial charge >= 0.3 is 7.60 Å². The first-order chi connectivity index (χ1) is 16.5. The Morgan fingerprint density at radius 3 is 1.31 bits per heavy atom. The second-order valence-corrected chi connectivity index (χ2v) is 13.3. The number of hydrogen-bond donors (Lipinski definition) is 3. The van der Waals surface area contributed by atoms with Gasteiger partial charge in [-0.05, 0) is 57.8 Å². The molecule has 0 amide bonds. The van der Waals surface area contributed by atoms with Crippen LogP contribution in [0, 0.1) is 0 Å². The average molecular weight is 517 g/mol. The van der Waals surface area contributed by atoms with Crippen molar-refractivity contribution in [1.29, 1.82) is 0 Å². The van der Waals surface area contributed by atoms with E-state index in [2.05, 4.69) is 31.2 Å². The van der Waals surface area contributed by atoms with Crippen molar-refractivity contribution in [1.82, 2.24) is 0 Å². The molecule has 0 aliphatic rings. The Kier molecular flexibility index (Phi) is 20.3. The van der Waals surface area contributed by atoms with Crippen LogP contribution < -0.4 is 0 Å². The number of unbranched alkanes of at least 4 members (excludes halogenated alkanes) is 15. The van der Waals surface area contributed by atoms with Crippen molar-refractivity contribution in [3.63, 3.8) is 0 Å². The van der Waals surface area contributed by atoms with Crippen LogP contribution in [0.2, 0.25) is 0 Å². The fraction of sp³-hybridized carbons (Fsp3) is 0.862. The Morgan fingerprint density at radius 2 is 0.971 bits per heavy atom. The molecule has 0 spiro atoms. The Bertz CT molecular complexity index is 594. The molecule has 0 radical (unpaired) electrons. The minimum Gasteiger partial charge on any atom is -0.373 e. The smallest absolute Gasteiger partial charge is 0.362 e. The summed E-state index contributed by atoms with van der Waals surface area (Å²) in [5.41, 5.74) is 0. The summed E-state index contributed by atoms with van der Waals surface area (Å²) in [4.78, 5) is 19.2. The van der Waals surface area contributed by atoms with Gasteiger partial charge in [-0.1, -0.05) is 95.4 Å². The molecule has 1 atom stereocenters. The van der Waals surface area contributed by atoms with Crippen molar-refractivity contribution in [3.8, 4) is 0 Å². The molecular weight excluding hydrogens is 457 g/mol. The van der Waals surface area contributed by atoms with E-state index in [4.69, 9.17) is 0 Å². The van der Waals surface area contributed by atoms with Crippen LogP contribution in [0.3, 0.4) is 0 Å². The molecule has 1 unspecified atom stereocenters. The first kappa shape index (κ1) is 34.6. The molecule has 208 valence electrons. The molecule has 0 aromatic carbocycles. The molecule has 5 nitrogen and oxygen atoms in total. The lowest BCUT2D eigenvalue weighted by molar-refractivity contribution is -0.875. The summed E-state index contributed by atoms with van der Waals surface area (Å²) in [6.07, 6.45) is 31.3. The van der Waals surface area contributed by atoms with Crippen LogP contribution in [-0.2, 0) is 4.57 Å². The first-order valence-corrected chi connectivity index (χ1v) is 16.0. The van der Waals surface area contributed by atoms with Crippen LogP contribution in [0.4, 0.5) is 0 Å². The quantitative estimate of drug-likeness (QED) is 0.0524. The van der Waals surface area contributed by atoms with E-state index >= 15 is 0 Å². The zero-order valence-corrected chi connectivity index (χ0v) is 24.5. The number of allylic oxidation sites excluding steroid dienone is 4. The van der Waals surface area contributed by atoms with Crippen LogP contribution in [0.1, 0.15) is 129 Å². The normalized spacial score (nSPS) is 14.8. The molecule has 0 bridgehead atoms. The monoisotopic (exact) mass is 516 g/mol. The number of aliphatic hydroxyl groups is 1. The topological polar surface area (TPSA) is 77.8 Å². The Morgan fingerprint density at radius 1 is 0.629 bits per heavy atom. The lowest BCUT2D eigenvalue weighted by Crippen LogP contribution is -2.49. The third-order valence-corrected chi connectivity index (χ3v) is 7.95. The van der Waals surface area contributed by atoms with Crippen molar-refractivity contribution in [2.75, 3.05) is 27.7 Å². The van der Waals surface area contributed by atoms with Crippen molar-refractivity contribution < 1.29 is 23.9 Å². The summed E-state index contributed by atoms with van der Waals surface area (Å²) in [5, 5.41) is 8.64. The molecule has 0 rings (SSSR count). The minimum absolute atomic E-state index is 0.0549. The van der Waals surface area contributed by atoms with Gasteiger partial charge in [0.05, 0.1) is 21.1 Å². The SMILES string of the molecule is CCC/C=C\CCCCCCCCCC/C=C\CCCCCCCC(O)(C[N+](C)(C)C)P(=O)(O)O. The zero-order chi connectivity index (χ0) is 26.5. The first-order valence-electron chi connectivity index (χ1n) is 14.4. The molecular formula is C29H59NO4P+. The molecule has 35 heavy (non-hydrogen) atoms. The van der Waals surface area contributed by atoms with Crippen molar-refractivity contribution in [3.05, 3.63) is 24.3 Å². The molecule has 3 N–H and O–H groups in total. The van der Waals surface area contributed by atoms with Gasteiger partial charge in [-0.15, -0.1) is 0 Å². The zero-order valence-electron chi connectivity index (χ0n) is 23.6. The lowest BCUT2D eigenvalue weighted by Gasteiger charge is -2.35. The van der Waals surface area contributed by atoms with E-state index in [9.17, 15) is 19.5 Å². The van der Waals surface area contributed by atoms with Crippen LogP contribution in [0.5, 0.6) is 0 Å². The summed E-state index contributed by atoms with van der Waals surface area (Å²) < 4.78 is 12.1. The fourth-order valence-electron chi connectivity index (χ4n) is 4.50. The second kappa shape index (κ2) is 20.6. The average Bonchev–Trinajstić information content (AvgIpc) is 2.75. The van der Waals surface area contributed by atoms with E-state index in [0.29, 0.717) is 10.9 Å². The third kappa shape index (κ3) is 21.4. The number of nitrogens with zero attached hydrogens (tertiary/aromatic N) is 1. The largest absolute Gasteiger partial charge is 0.373 e. The highest BCUT2D eigenvalue weighted by molar-refractivity contribution is 7.53. The Labute approximate surface area is 217 Å². The fourth-order valence-corrected chi connectivity index (χ4v) is 5.56. The van der Waals surface area contributed by atoms with Crippen molar-refractivity contribution in [2.45, 2.75) is 134 Å². The van der Waals surface area contributed by atoms with Crippen LogP contribution in [-0.4, -0.2) is 52.4 Å². The van der Waals surface area contributed by atoms with Gasteiger partial charge in [0.2, 0.25) is 5.34 Å². The molecule has 0 saturated heterocycles. The number of likely N-dealkylation sites (N-methyl/N-ethyl adjacent to an activating group) is 1. The van der Waals surface area contributed by atoms with Gasteiger partial charge in [-0.2, -0.15) is 0 Å². The molecule has 0 saturated carbocycles. The van der Waals surface area contributed by atoms with Gasteiger partial charge in [0, 0.05) is 0 Å². The summed E-state index contributed by atoms with van der Waals surface area (Å²) in [7, 11) is 0.963. The highest BCUT2D eigenvalue weighted by Crippen LogP contribution is 2.52. The molecule has 0 aromatic rings. The summed E-state index contributed by atoms with van der Waals surface area (Å²) in [5.74, 6) is 0. The van der Waals surface area contributed by atoms with Crippen LogP contribution >= 0.6 is 7.60 Å². The minimum atomic E-state index is -4.55. The standard InChI is InChI=1S/C29H58NO4P/c1-5-6-7-8-9-10-11-12-13-14-15-16-17-18-19-20-21-22-23-24-25-26-27-29(31,35(32,33)34)28-30(2,3)4/h7-8,19-20,31H,5-6,9-18,21-28H2,1-4H3,(H-,32,33,34)/p+1/b8-7-,20-19-. The molecule has 0 heterocycles. The molecule has 0 aromatic heterocycles. The third-order valence-electron chi connectivity index (χ3n) is 6.50. The van der Waals surface area contributed by atoms with E-state index in [1.165, 1.54) is 77.0 Å². The maximum absolute atomic E-state index is 11.8. The summed E-state index contributed by atoms with van der Waals surface area (Å²) in [6, 6.07) is 0.